The van der Waals surface area contributed by atoms with E-state index < -0.39 is 29.2 Å². The number of para-hydroxylation sites is 1. The summed E-state index contributed by atoms with van der Waals surface area (Å²) in [5.74, 6) is -1.66. The Morgan fingerprint density at radius 1 is 1.27 bits per heavy atom. The van der Waals surface area contributed by atoms with Gasteiger partial charge in [-0.3, -0.25) is 14.4 Å². The summed E-state index contributed by atoms with van der Waals surface area (Å²) in [6, 6.07) is 5.67. The second kappa shape index (κ2) is 8.46. The molecule has 0 spiro atoms. The highest BCUT2D eigenvalue weighted by molar-refractivity contribution is 5.82. The molecule has 0 aliphatic heterocycles. The highest BCUT2D eigenvalue weighted by Crippen LogP contribution is 2.19. The van der Waals surface area contributed by atoms with Crippen LogP contribution < -0.4 is 16.6 Å². The Bertz CT molecular complexity index is 915. The van der Waals surface area contributed by atoms with Gasteiger partial charge in [0.1, 0.15) is 6.04 Å². The highest BCUT2D eigenvalue weighted by atomic mass is 16.4. The fraction of sp³-hybridized carbons (Fsp3) is 0.444. The number of carboxylic acid groups (broad SMARTS) is 1. The van der Waals surface area contributed by atoms with Gasteiger partial charge in [-0.1, -0.05) is 32.4 Å². The quantitative estimate of drug-likeness (QED) is 0.611. The molecule has 3 N–H and O–H groups in total. The third kappa shape index (κ3) is 4.19. The first-order chi connectivity index (χ1) is 12.4. The van der Waals surface area contributed by atoms with Crippen molar-refractivity contribution in [1.29, 1.82) is 0 Å². The van der Waals surface area contributed by atoms with Gasteiger partial charge in [0.15, 0.2) is 0 Å². The Balaban J connectivity index is 2.40. The van der Waals surface area contributed by atoms with E-state index in [1.165, 1.54) is 0 Å². The van der Waals surface area contributed by atoms with Gasteiger partial charge in [0, 0.05) is 13.0 Å². The van der Waals surface area contributed by atoms with Crippen molar-refractivity contribution >= 4 is 22.8 Å². The number of hydrogen-bond donors (Lipinski definition) is 3. The minimum absolute atomic E-state index is 0.0647. The number of nitrogens with zero attached hydrogens (tertiary/aromatic N) is 1. The van der Waals surface area contributed by atoms with Crippen molar-refractivity contribution in [1.82, 2.24) is 14.9 Å². The smallest absolute Gasteiger partial charge is 0.329 e. The summed E-state index contributed by atoms with van der Waals surface area (Å²) in [5.41, 5.74) is -0.737. The average molecular weight is 361 g/mol. The maximum atomic E-state index is 12.8. The van der Waals surface area contributed by atoms with Crippen LogP contribution in [0.4, 0.5) is 0 Å². The van der Waals surface area contributed by atoms with Crippen molar-refractivity contribution in [3.8, 4) is 0 Å². The number of fused-ring (bicyclic) bond motifs is 1. The van der Waals surface area contributed by atoms with Gasteiger partial charge in [-0.2, -0.15) is 0 Å². The van der Waals surface area contributed by atoms with Crippen LogP contribution in [0.3, 0.4) is 0 Å². The number of benzene rings is 1. The SMILES string of the molecule is CC[C@H](C)[C@@H](C(=O)NCCCC(=O)O)n1c(=O)[nH]c2ccccc2c1=O. The normalized spacial score (nSPS) is 13.3. The number of carboxylic acids is 1. The molecule has 0 aliphatic rings. The topological polar surface area (TPSA) is 121 Å². The lowest BCUT2D eigenvalue weighted by Gasteiger charge is -2.24. The molecule has 0 saturated heterocycles. The molecule has 1 aromatic heterocycles. The van der Waals surface area contributed by atoms with Crippen LogP contribution in [-0.2, 0) is 9.59 Å². The van der Waals surface area contributed by atoms with Crippen molar-refractivity contribution in [2.45, 2.75) is 39.2 Å². The number of carbonyl (C=O) groups excluding carboxylic acids is 1. The van der Waals surface area contributed by atoms with E-state index >= 15 is 0 Å². The first kappa shape index (κ1) is 19.4. The summed E-state index contributed by atoms with van der Waals surface area (Å²) in [7, 11) is 0. The van der Waals surface area contributed by atoms with Crippen molar-refractivity contribution in [2.24, 2.45) is 5.92 Å². The van der Waals surface area contributed by atoms with Crippen molar-refractivity contribution < 1.29 is 14.7 Å². The zero-order valence-corrected chi connectivity index (χ0v) is 14.8. The Labute approximate surface area is 149 Å². The first-order valence-corrected chi connectivity index (χ1v) is 8.59. The van der Waals surface area contributed by atoms with Crippen LogP contribution in [0.25, 0.3) is 10.9 Å². The van der Waals surface area contributed by atoms with Gasteiger partial charge in [-0.15, -0.1) is 0 Å². The predicted octanol–water partition coefficient (Wildman–Crippen LogP) is 1.26. The van der Waals surface area contributed by atoms with Gasteiger partial charge in [0.25, 0.3) is 5.56 Å². The number of H-pyrrole nitrogens is 1. The number of aromatic amines is 1. The molecular formula is C18H23N3O5. The molecular weight excluding hydrogens is 338 g/mol. The van der Waals surface area contributed by atoms with E-state index in [0.717, 1.165) is 4.57 Å². The van der Waals surface area contributed by atoms with E-state index in [1.54, 1.807) is 31.2 Å². The molecule has 0 fully saturated rings. The fourth-order valence-corrected chi connectivity index (χ4v) is 2.84. The molecule has 26 heavy (non-hydrogen) atoms. The molecule has 2 aromatic rings. The third-order valence-corrected chi connectivity index (χ3v) is 4.43. The predicted molar refractivity (Wildman–Crippen MR) is 97.2 cm³/mol. The monoisotopic (exact) mass is 361 g/mol. The van der Waals surface area contributed by atoms with Crippen LogP contribution >= 0.6 is 0 Å². The van der Waals surface area contributed by atoms with E-state index in [1.807, 2.05) is 6.92 Å². The Hall–Kier alpha value is -2.90. The molecule has 2 atom stereocenters. The second-order valence-electron chi connectivity index (χ2n) is 6.27. The summed E-state index contributed by atoms with van der Waals surface area (Å²) in [4.78, 5) is 51.2. The number of hydrogen-bond acceptors (Lipinski definition) is 4. The van der Waals surface area contributed by atoms with Crippen molar-refractivity contribution in [2.75, 3.05) is 6.54 Å². The molecule has 1 aromatic carbocycles. The second-order valence-corrected chi connectivity index (χ2v) is 6.27. The summed E-state index contributed by atoms with van der Waals surface area (Å²) in [5, 5.41) is 11.6. The van der Waals surface area contributed by atoms with Crippen LogP contribution in [0.1, 0.15) is 39.2 Å². The van der Waals surface area contributed by atoms with Crippen LogP contribution in [0.5, 0.6) is 0 Å². The number of carbonyl (C=O) groups is 2. The number of nitrogens with one attached hydrogen (secondary N) is 2. The summed E-state index contributed by atoms with van der Waals surface area (Å²) in [6.07, 6.45) is 0.800. The minimum Gasteiger partial charge on any atom is -0.481 e. The van der Waals surface area contributed by atoms with E-state index in [2.05, 4.69) is 10.3 Å². The lowest BCUT2D eigenvalue weighted by Crippen LogP contribution is -2.47. The molecule has 0 radical (unpaired) electrons. The molecule has 8 nitrogen and oxygen atoms in total. The zero-order valence-electron chi connectivity index (χ0n) is 14.8. The summed E-state index contributed by atoms with van der Waals surface area (Å²) < 4.78 is 0.961. The molecule has 2 rings (SSSR count). The number of aromatic nitrogens is 2. The Kier molecular flexibility index (Phi) is 6.32. The Morgan fingerprint density at radius 2 is 1.96 bits per heavy atom. The molecule has 0 bridgehead atoms. The van der Waals surface area contributed by atoms with Gasteiger partial charge in [-0.25, -0.2) is 9.36 Å². The van der Waals surface area contributed by atoms with Gasteiger partial charge in [0.05, 0.1) is 10.9 Å². The number of aliphatic carboxylic acids is 1. The average Bonchev–Trinajstić information content (AvgIpc) is 2.61. The Morgan fingerprint density at radius 3 is 2.62 bits per heavy atom. The standard InChI is InChI=1S/C18H23N3O5/c1-3-11(2)15(16(24)19-10-6-9-14(22)23)21-17(25)12-7-4-5-8-13(12)20-18(21)26/h4-5,7-8,11,15H,3,6,9-10H2,1-2H3,(H,19,24)(H,20,26)(H,22,23)/t11-,15-/m0/s1. The molecule has 8 heteroatoms. The number of rotatable bonds is 8. The van der Waals surface area contributed by atoms with E-state index in [9.17, 15) is 19.2 Å². The van der Waals surface area contributed by atoms with Crippen LogP contribution in [0.2, 0.25) is 0 Å². The fourth-order valence-electron chi connectivity index (χ4n) is 2.84. The van der Waals surface area contributed by atoms with Gasteiger partial charge < -0.3 is 15.4 Å². The largest absolute Gasteiger partial charge is 0.481 e. The van der Waals surface area contributed by atoms with Crippen LogP contribution in [0, 0.1) is 5.92 Å². The molecule has 0 saturated carbocycles. The maximum absolute atomic E-state index is 12.8. The number of amides is 1. The van der Waals surface area contributed by atoms with Gasteiger partial charge in [-0.05, 0) is 24.5 Å². The summed E-state index contributed by atoms with van der Waals surface area (Å²) in [6.45, 7) is 3.83. The maximum Gasteiger partial charge on any atom is 0.329 e. The van der Waals surface area contributed by atoms with Crippen molar-refractivity contribution in [3.05, 3.63) is 45.1 Å². The third-order valence-electron chi connectivity index (χ3n) is 4.43. The molecule has 140 valence electrons. The van der Waals surface area contributed by atoms with Gasteiger partial charge in [0.2, 0.25) is 5.91 Å². The van der Waals surface area contributed by atoms with Crippen LogP contribution in [0.15, 0.2) is 33.9 Å². The minimum atomic E-state index is -0.967. The van der Waals surface area contributed by atoms with E-state index in [-0.39, 0.29) is 25.3 Å². The highest BCUT2D eigenvalue weighted by Gasteiger charge is 2.29. The van der Waals surface area contributed by atoms with E-state index in [0.29, 0.717) is 17.3 Å². The molecule has 1 amide bonds. The van der Waals surface area contributed by atoms with Crippen molar-refractivity contribution in [3.63, 3.8) is 0 Å². The zero-order chi connectivity index (χ0) is 19.3. The lowest BCUT2D eigenvalue weighted by atomic mass is 9.97. The molecule has 0 aliphatic carbocycles. The first-order valence-electron chi connectivity index (χ1n) is 8.59. The molecule has 1 heterocycles. The van der Waals surface area contributed by atoms with Crippen LogP contribution in [-0.4, -0.2) is 33.1 Å². The van der Waals surface area contributed by atoms with Gasteiger partial charge >= 0.3 is 11.7 Å². The lowest BCUT2D eigenvalue weighted by molar-refractivity contribution is -0.137. The van der Waals surface area contributed by atoms with E-state index in [4.69, 9.17) is 5.11 Å². The molecule has 0 unspecified atom stereocenters. The summed E-state index contributed by atoms with van der Waals surface area (Å²) >= 11 is 0.